The Hall–Kier alpha value is -2.54. The highest BCUT2D eigenvalue weighted by Crippen LogP contribution is 2.27. The molecule has 2 atom stereocenters. The van der Waals surface area contributed by atoms with Crippen LogP contribution in [0.2, 0.25) is 0 Å². The largest absolute Gasteiger partial charge is 0.387 e. The molecule has 1 aromatic carbocycles. The van der Waals surface area contributed by atoms with Gasteiger partial charge >= 0.3 is 0 Å². The van der Waals surface area contributed by atoms with Crippen molar-refractivity contribution in [2.24, 2.45) is 13.0 Å². The normalized spacial score (nSPS) is 18.9. The molecule has 2 aromatic rings. The van der Waals surface area contributed by atoms with E-state index < -0.39 is 17.8 Å². The number of rotatable bonds is 5. The predicted molar refractivity (Wildman–Crippen MR) is 87.8 cm³/mol. The van der Waals surface area contributed by atoms with Crippen molar-refractivity contribution in [3.63, 3.8) is 0 Å². The zero-order valence-corrected chi connectivity index (χ0v) is 14.1. The Morgan fingerprint density at radius 1 is 1.40 bits per heavy atom. The Labute approximate surface area is 144 Å². The van der Waals surface area contributed by atoms with Crippen molar-refractivity contribution in [1.82, 2.24) is 14.7 Å². The van der Waals surface area contributed by atoms with E-state index in [1.54, 1.807) is 24.9 Å². The average molecular weight is 345 g/mol. The molecule has 7 heteroatoms. The topological polar surface area (TPSA) is 75.4 Å². The molecule has 1 saturated heterocycles. The van der Waals surface area contributed by atoms with Crippen LogP contribution in [0.25, 0.3) is 0 Å². The van der Waals surface area contributed by atoms with Crippen molar-refractivity contribution in [2.45, 2.75) is 25.9 Å². The minimum absolute atomic E-state index is 0.117. The average Bonchev–Trinajstić information content (AvgIpc) is 3.06. The quantitative estimate of drug-likeness (QED) is 0.834. The Bertz CT molecular complexity index is 818. The van der Waals surface area contributed by atoms with Gasteiger partial charge in [0.2, 0.25) is 11.8 Å². The SMILES string of the molecule is Cc1cc(F)ccc1C(O)CN1C(=O)CC(Cc2cnn(C)c2)C1=O. The van der Waals surface area contributed by atoms with E-state index >= 15 is 0 Å². The smallest absolute Gasteiger partial charge is 0.233 e. The van der Waals surface area contributed by atoms with Crippen LogP contribution in [-0.2, 0) is 23.1 Å². The number of β-amino-alcohol motifs (C(OH)–C–C–N with tert-alkyl or cyclic N) is 1. The van der Waals surface area contributed by atoms with Gasteiger partial charge in [-0.3, -0.25) is 19.2 Å². The first-order chi connectivity index (χ1) is 11.8. The molecule has 2 unspecified atom stereocenters. The molecule has 1 N–H and O–H groups in total. The van der Waals surface area contributed by atoms with Crippen LogP contribution in [-0.4, -0.2) is 38.1 Å². The second-order valence-corrected chi connectivity index (χ2v) is 6.49. The highest BCUT2D eigenvalue weighted by molar-refractivity contribution is 6.03. The van der Waals surface area contributed by atoms with Gasteiger partial charge < -0.3 is 5.11 Å². The molecule has 1 fully saturated rings. The highest BCUT2D eigenvalue weighted by atomic mass is 19.1. The molecule has 1 aliphatic heterocycles. The van der Waals surface area contributed by atoms with E-state index in [1.807, 2.05) is 6.20 Å². The summed E-state index contributed by atoms with van der Waals surface area (Å²) in [6, 6.07) is 4.05. The third-order valence-corrected chi connectivity index (χ3v) is 4.52. The molecule has 2 amide bonds. The Balaban J connectivity index is 1.69. The van der Waals surface area contributed by atoms with E-state index in [1.165, 1.54) is 18.2 Å². The number of aryl methyl sites for hydroxylation is 2. The Morgan fingerprint density at radius 3 is 2.80 bits per heavy atom. The number of aliphatic hydroxyl groups excluding tert-OH is 1. The number of aliphatic hydroxyl groups is 1. The van der Waals surface area contributed by atoms with E-state index in [0.29, 0.717) is 17.5 Å². The lowest BCUT2D eigenvalue weighted by molar-refractivity contribution is -0.141. The van der Waals surface area contributed by atoms with E-state index in [2.05, 4.69) is 5.10 Å². The molecule has 132 valence electrons. The van der Waals surface area contributed by atoms with E-state index in [4.69, 9.17) is 0 Å². The molecule has 0 bridgehead atoms. The number of hydrogen-bond acceptors (Lipinski definition) is 4. The first kappa shape index (κ1) is 17.3. The predicted octanol–water partition coefficient (Wildman–Crippen LogP) is 1.52. The van der Waals surface area contributed by atoms with Crippen molar-refractivity contribution < 1.29 is 19.1 Å². The van der Waals surface area contributed by atoms with E-state index in [-0.39, 0.29) is 24.8 Å². The first-order valence-electron chi connectivity index (χ1n) is 8.11. The molecule has 1 aromatic heterocycles. The summed E-state index contributed by atoms with van der Waals surface area (Å²) < 4.78 is 14.8. The summed E-state index contributed by atoms with van der Waals surface area (Å²) in [5, 5.41) is 14.4. The number of likely N-dealkylation sites (tertiary alicyclic amines) is 1. The summed E-state index contributed by atoms with van der Waals surface area (Å²) in [6.07, 6.45) is 3.03. The molecule has 0 saturated carbocycles. The molecule has 0 aliphatic carbocycles. The maximum absolute atomic E-state index is 13.2. The number of carbonyl (C=O) groups is 2. The van der Waals surface area contributed by atoms with Gasteiger partial charge in [-0.05, 0) is 42.2 Å². The minimum atomic E-state index is -1.04. The van der Waals surface area contributed by atoms with Crippen LogP contribution in [0, 0.1) is 18.7 Å². The molecule has 6 nitrogen and oxygen atoms in total. The van der Waals surface area contributed by atoms with Gasteiger partial charge in [0.25, 0.3) is 0 Å². The maximum atomic E-state index is 13.2. The van der Waals surface area contributed by atoms with Crippen molar-refractivity contribution in [1.29, 1.82) is 0 Å². The van der Waals surface area contributed by atoms with Crippen molar-refractivity contribution >= 4 is 11.8 Å². The summed E-state index contributed by atoms with van der Waals surface area (Å²) in [5.74, 6) is -1.40. The van der Waals surface area contributed by atoms with Crippen LogP contribution in [0.15, 0.2) is 30.6 Å². The number of hydrogen-bond donors (Lipinski definition) is 1. The lowest BCUT2D eigenvalue weighted by atomic mass is 10.00. The van der Waals surface area contributed by atoms with Crippen LogP contribution >= 0.6 is 0 Å². The zero-order valence-electron chi connectivity index (χ0n) is 14.1. The molecule has 2 heterocycles. The van der Waals surface area contributed by atoms with E-state index in [0.717, 1.165) is 10.5 Å². The molecular weight excluding hydrogens is 325 g/mol. The van der Waals surface area contributed by atoms with E-state index in [9.17, 15) is 19.1 Å². The number of halogens is 1. The molecule has 0 spiro atoms. The number of nitrogens with zero attached hydrogens (tertiary/aromatic N) is 3. The zero-order chi connectivity index (χ0) is 18.1. The number of benzene rings is 1. The summed E-state index contributed by atoms with van der Waals surface area (Å²) in [6.45, 7) is 1.56. The van der Waals surface area contributed by atoms with Crippen molar-refractivity contribution in [3.05, 3.63) is 53.1 Å². The van der Waals surface area contributed by atoms with Crippen LogP contribution < -0.4 is 0 Å². The van der Waals surface area contributed by atoms with Gasteiger partial charge in [0.15, 0.2) is 0 Å². The standard InChI is InChI=1S/C18H20FN3O3/c1-11-5-14(19)3-4-15(11)16(23)10-22-17(24)7-13(18(22)25)6-12-8-20-21(2)9-12/h3-5,8-9,13,16,23H,6-7,10H2,1-2H3. The number of amides is 2. The van der Waals surface area contributed by atoms with Crippen LogP contribution in [0.5, 0.6) is 0 Å². The second kappa shape index (κ2) is 6.76. The number of carbonyl (C=O) groups excluding carboxylic acids is 2. The highest BCUT2D eigenvalue weighted by Gasteiger charge is 2.39. The minimum Gasteiger partial charge on any atom is -0.387 e. The van der Waals surface area contributed by atoms with Crippen molar-refractivity contribution in [3.8, 4) is 0 Å². The third kappa shape index (κ3) is 3.61. The fourth-order valence-corrected chi connectivity index (χ4v) is 3.25. The summed E-state index contributed by atoms with van der Waals surface area (Å²) >= 11 is 0. The second-order valence-electron chi connectivity index (χ2n) is 6.49. The van der Waals surface area contributed by atoms with Crippen LogP contribution in [0.1, 0.15) is 29.2 Å². The van der Waals surface area contributed by atoms with Gasteiger partial charge in [0.1, 0.15) is 5.82 Å². The van der Waals surface area contributed by atoms with Gasteiger partial charge in [-0.1, -0.05) is 6.07 Å². The van der Waals surface area contributed by atoms with Gasteiger partial charge in [-0.15, -0.1) is 0 Å². The first-order valence-corrected chi connectivity index (χ1v) is 8.11. The lowest BCUT2D eigenvalue weighted by Crippen LogP contribution is -2.35. The molecule has 1 aliphatic rings. The van der Waals surface area contributed by atoms with Crippen molar-refractivity contribution in [2.75, 3.05) is 6.54 Å². The summed E-state index contributed by atoms with van der Waals surface area (Å²) in [5.41, 5.74) is 1.99. The summed E-state index contributed by atoms with van der Waals surface area (Å²) in [7, 11) is 1.79. The fraction of sp³-hybridized carbons (Fsp3) is 0.389. The monoisotopic (exact) mass is 345 g/mol. The van der Waals surface area contributed by atoms with Gasteiger partial charge in [0.05, 0.1) is 24.8 Å². The number of imide groups is 1. The Kier molecular flexibility index (Phi) is 4.67. The molecule has 3 rings (SSSR count). The molecule has 0 radical (unpaired) electrons. The van der Waals surface area contributed by atoms with Gasteiger partial charge in [-0.25, -0.2) is 4.39 Å². The molecular formula is C18H20FN3O3. The van der Waals surface area contributed by atoms with Crippen LogP contribution in [0.4, 0.5) is 4.39 Å². The van der Waals surface area contributed by atoms with Crippen LogP contribution in [0.3, 0.4) is 0 Å². The third-order valence-electron chi connectivity index (χ3n) is 4.52. The van der Waals surface area contributed by atoms with Gasteiger partial charge in [-0.2, -0.15) is 5.10 Å². The maximum Gasteiger partial charge on any atom is 0.233 e. The summed E-state index contributed by atoms with van der Waals surface area (Å²) in [4.78, 5) is 25.9. The van der Waals surface area contributed by atoms with Gasteiger partial charge in [0, 0.05) is 19.7 Å². The number of aromatic nitrogens is 2. The Morgan fingerprint density at radius 2 is 2.16 bits per heavy atom. The molecule has 25 heavy (non-hydrogen) atoms. The fourth-order valence-electron chi connectivity index (χ4n) is 3.25. The lowest BCUT2D eigenvalue weighted by Gasteiger charge is -2.20.